The van der Waals surface area contributed by atoms with Gasteiger partial charge in [0.25, 0.3) is 0 Å². The van der Waals surface area contributed by atoms with Crippen molar-refractivity contribution in [3.05, 3.63) is 269 Å². The molecule has 0 bridgehead atoms. The number of hydrogen-bond acceptors (Lipinski definition) is 2. The quantitative estimate of drug-likeness (QED) is 0.172. The van der Waals surface area contributed by atoms with Crippen LogP contribution < -0.4 is 9.64 Å². The molecule has 0 saturated heterocycles. The van der Waals surface area contributed by atoms with Crippen LogP contribution in [-0.4, -0.2) is 0 Å². The number of para-hydroxylation sites is 3. The summed E-state index contributed by atoms with van der Waals surface area (Å²) in [5.41, 5.74) is 18.9. The van der Waals surface area contributed by atoms with E-state index >= 15 is 0 Å². The third kappa shape index (κ3) is 4.92. The molecule has 1 aliphatic heterocycles. The second-order valence-electron chi connectivity index (χ2n) is 16.7. The van der Waals surface area contributed by atoms with E-state index in [0.717, 1.165) is 39.7 Å². The number of rotatable bonds is 5. The Balaban J connectivity index is 1.12. The maximum absolute atomic E-state index is 6.79. The largest absolute Gasteiger partial charge is 0.457 e. The summed E-state index contributed by atoms with van der Waals surface area (Å²) in [6.07, 6.45) is 0. The molecule has 0 radical (unpaired) electrons. The number of anilines is 3. The van der Waals surface area contributed by atoms with Crippen LogP contribution in [0.15, 0.2) is 231 Å². The lowest BCUT2D eigenvalue weighted by molar-refractivity contribution is 0.435. The summed E-state index contributed by atoms with van der Waals surface area (Å²) in [6, 6.07) is 84.9. The Kier molecular flexibility index (Phi) is 7.62. The fourth-order valence-corrected chi connectivity index (χ4v) is 11.1. The van der Waals surface area contributed by atoms with Gasteiger partial charge < -0.3 is 9.64 Å². The van der Waals surface area contributed by atoms with Crippen molar-refractivity contribution in [2.45, 2.75) is 11.3 Å². The molecule has 1 atom stereocenters. The molecular weight excluding hydrogens is 751 g/mol. The molecule has 1 heterocycles. The zero-order chi connectivity index (χ0) is 40.8. The summed E-state index contributed by atoms with van der Waals surface area (Å²) >= 11 is 0. The van der Waals surface area contributed by atoms with Crippen molar-refractivity contribution in [1.29, 1.82) is 0 Å². The maximum atomic E-state index is 6.79. The fourth-order valence-electron chi connectivity index (χ4n) is 11.1. The summed E-state index contributed by atoms with van der Waals surface area (Å²) in [6.45, 7) is 0. The van der Waals surface area contributed by atoms with E-state index in [-0.39, 0.29) is 5.92 Å². The van der Waals surface area contributed by atoms with Gasteiger partial charge >= 0.3 is 0 Å². The van der Waals surface area contributed by atoms with Crippen molar-refractivity contribution in [2.75, 3.05) is 4.90 Å². The molecule has 290 valence electrons. The van der Waals surface area contributed by atoms with Gasteiger partial charge in [0.15, 0.2) is 0 Å². The first-order valence-electron chi connectivity index (χ1n) is 21.5. The molecular formula is C60H39NO. The lowest BCUT2D eigenvalue weighted by atomic mass is 9.58. The van der Waals surface area contributed by atoms with Gasteiger partial charge in [-0.05, 0) is 109 Å². The van der Waals surface area contributed by atoms with Crippen LogP contribution in [0.4, 0.5) is 17.1 Å². The first-order valence-corrected chi connectivity index (χ1v) is 21.5. The van der Waals surface area contributed by atoms with Crippen LogP contribution >= 0.6 is 0 Å². The van der Waals surface area contributed by atoms with Gasteiger partial charge in [-0.25, -0.2) is 0 Å². The highest BCUT2D eigenvalue weighted by atomic mass is 16.5. The summed E-state index contributed by atoms with van der Waals surface area (Å²) < 4.78 is 6.79. The van der Waals surface area contributed by atoms with Crippen LogP contribution in [0, 0.1) is 0 Å². The summed E-state index contributed by atoms with van der Waals surface area (Å²) in [4.78, 5) is 2.50. The molecule has 3 aliphatic rings. The van der Waals surface area contributed by atoms with Crippen molar-refractivity contribution < 1.29 is 4.74 Å². The molecule has 2 nitrogen and oxygen atoms in total. The predicted molar refractivity (Wildman–Crippen MR) is 254 cm³/mol. The number of ether oxygens (including phenoxy) is 1. The monoisotopic (exact) mass is 789 g/mol. The van der Waals surface area contributed by atoms with Gasteiger partial charge in [0.1, 0.15) is 11.5 Å². The number of benzene rings is 10. The molecule has 10 aromatic carbocycles. The number of hydrogen-bond donors (Lipinski definition) is 0. The average molecular weight is 790 g/mol. The van der Waals surface area contributed by atoms with Crippen molar-refractivity contribution in [3.8, 4) is 44.9 Å². The summed E-state index contributed by atoms with van der Waals surface area (Å²) in [7, 11) is 0. The number of fused-ring (bicyclic) bond motifs is 11. The van der Waals surface area contributed by atoms with E-state index in [9.17, 15) is 0 Å². The second-order valence-corrected chi connectivity index (χ2v) is 16.7. The van der Waals surface area contributed by atoms with Crippen LogP contribution in [0.5, 0.6) is 11.5 Å². The Morgan fingerprint density at radius 2 is 0.935 bits per heavy atom. The van der Waals surface area contributed by atoms with E-state index in [4.69, 9.17) is 4.74 Å². The van der Waals surface area contributed by atoms with E-state index < -0.39 is 5.41 Å². The minimum absolute atomic E-state index is 0.118. The molecule has 62 heavy (non-hydrogen) atoms. The highest BCUT2D eigenvalue weighted by molar-refractivity contribution is 6.06. The third-order valence-electron chi connectivity index (χ3n) is 13.6. The second kappa shape index (κ2) is 13.5. The first kappa shape index (κ1) is 34.9. The molecule has 0 aromatic heterocycles. The van der Waals surface area contributed by atoms with Crippen LogP contribution in [0.3, 0.4) is 0 Å². The van der Waals surface area contributed by atoms with Crippen LogP contribution in [0.1, 0.15) is 44.9 Å². The third-order valence-corrected chi connectivity index (χ3v) is 13.6. The van der Waals surface area contributed by atoms with Gasteiger partial charge in [-0.2, -0.15) is 0 Å². The van der Waals surface area contributed by atoms with Crippen molar-refractivity contribution in [2.24, 2.45) is 0 Å². The smallest absolute Gasteiger partial charge is 0.132 e. The Morgan fingerprint density at radius 1 is 0.371 bits per heavy atom. The first-order chi connectivity index (χ1) is 30.8. The maximum Gasteiger partial charge on any atom is 0.132 e. The van der Waals surface area contributed by atoms with Gasteiger partial charge in [0.05, 0.1) is 11.1 Å². The lowest BCUT2D eigenvalue weighted by Crippen LogP contribution is -2.36. The highest BCUT2D eigenvalue weighted by Crippen LogP contribution is 2.62. The Morgan fingerprint density at radius 3 is 1.71 bits per heavy atom. The van der Waals surface area contributed by atoms with Crippen molar-refractivity contribution in [3.63, 3.8) is 0 Å². The van der Waals surface area contributed by atoms with Gasteiger partial charge in [-0.1, -0.05) is 188 Å². The molecule has 13 rings (SSSR count). The van der Waals surface area contributed by atoms with E-state index in [0.29, 0.717) is 0 Å². The van der Waals surface area contributed by atoms with Crippen molar-refractivity contribution >= 4 is 27.8 Å². The Hall–Kier alpha value is -7.94. The molecule has 2 heteroatoms. The summed E-state index contributed by atoms with van der Waals surface area (Å²) in [5, 5.41) is 2.53. The Labute approximate surface area is 361 Å². The molecule has 0 fully saturated rings. The number of nitrogens with zero attached hydrogens (tertiary/aromatic N) is 1. The van der Waals surface area contributed by atoms with E-state index in [2.05, 4.69) is 235 Å². The Bertz CT molecular complexity index is 3350. The standard InChI is InChI=1S/C60H39NO/c1-3-17-39(18-4-1)44-23-9-12-30-55(44)61(42-33-35-46-45-24-7-8-25-48(45)58(50(46)37-42)40-19-5-2-6-20-40)43-34-36-47-49-26-15-21-41-22-16-29-53(59(41)49)60(54(47)38-43)51-27-10-13-31-56(51)62-57-32-14-11-28-52(57)60/h1-38,58H. The highest BCUT2D eigenvalue weighted by Gasteiger charge is 2.49. The van der Waals surface area contributed by atoms with Crippen LogP contribution in [0.2, 0.25) is 0 Å². The normalized spacial score (nSPS) is 14.5. The minimum atomic E-state index is -0.659. The zero-order valence-corrected chi connectivity index (χ0v) is 33.9. The molecule has 10 aromatic rings. The SMILES string of the molecule is c1ccc(-c2ccccc2N(c2ccc3c(c2)C(c2ccccc2)c2ccccc2-3)c2ccc3c(c2)C2(c4ccccc4Oc4ccccc42)c2cccc4cccc-3c24)cc1. The van der Waals surface area contributed by atoms with Crippen LogP contribution in [-0.2, 0) is 5.41 Å². The predicted octanol–water partition coefficient (Wildman–Crippen LogP) is 15.6. The van der Waals surface area contributed by atoms with E-state index in [1.165, 1.54) is 72.0 Å². The lowest BCUT2D eigenvalue weighted by Gasteiger charge is -2.45. The summed E-state index contributed by atoms with van der Waals surface area (Å²) in [5.74, 6) is 1.89. The van der Waals surface area contributed by atoms with E-state index in [1.54, 1.807) is 0 Å². The minimum Gasteiger partial charge on any atom is -0.457 e. The van der Waals surface area contributed by atoms with Gasteiger partial charge in [0.2, 0.25) is 0 Å². The molecule has 2 aliphatic carbocycles. The van der Waals surface area contributed by atoms with Gasteiger partial charge in [-0.15, -0.1) is 0 Å². The molecule has 0 saturated carbocycles. The van der Waals surface area contributed by atoms with Gasteiger partial charge in [0, 0.05) is 34.0 Å². The topological polar surface area (TPSA) is 12.5 Å². The van der Waals surface area contributed by atoms with Crippen molar-refractivity contribution in [1.82, 2.24) is 0 Å². The molecule has 0 amide bonds. The average Bonchev–Trinajstić information content (AvgIpc) is 3.67. The van der Waals surface area contributed by atoms with E-state index in [1.807, 2.05) is 0 Å². The zero-order valence-electron chi connectivity index (χ0n) is 33.9. The fraction of sp³-hybridized carbons (Fsp3) is 0.0333. The van der Waals surface area contributed by atoms with Crippen LogP contribution in [0.25, 0.3) is 44.2 Å². The molecule has 0 N–H and O–H groups in total. The van der Waals surface area contributed by atoms with Gasteiger partial charge in [-0.3, -0.25) is 0 Å². The molecule has 1 unspecified atom stereocenters. The molecule has 1 spiro atoms.